The summed E-state index contributed by atoms with van der Waals surface area (Å²) in [4.78, 5) is 25.8. The second-order valence-electron chi connectivity index (χ2n) is 7.06. The molecular formula is C20H18O7. The number of rotatable bonds is 1. The van der Waals surface area contributed by atoms with E-state index in [4.69, 9.17) is 0 Å². The van der Waals surface area contributed by atoms with Gasteiger partial charge in [-0.05, 0) is 25.3 Å². The van der Waals surface area contributed by atoms with E-state index in [1.165, 1.54) is 18.2 Å². The summed E-state index contributed by atoms with van der Waals surface area (Å²) in [6, 6.07) is 4.01. The van der Waals surface area contributed by atoms with Crippen molar-refractivity contribution in [2.75, 3.05) is 0 Å². The topological polar surface area (TPSA) is 135 Å². The van der Waals surface area contributed by atoms with Crippen molar-refractivity contribution in [3.8, 4) is 17.2 Å². The zero-order valence-corrected chi connectivity index (χ0v) is 14.5. The summed E-state index contributed by atoms with van der Waals surface area (Å²) in [6.45, 7) is 1.67. The second kappa shape index (κ2) is 5.55. The van der Waals surface area contributed by atoms with Crippen LogP contribution in [-0.2, 0) is 6.42 Å². The Hall–Kier alpha value is -2.90. The average molecular weight is 370 g/mol. The Morgan fingerprint density at radius 1 is 1.04 bits per heavy atom. The lowest BCUT2D eigenvalue weighted by Crippen LogP contribution is -2.40. The minimum atomic E-state index is -1.53. The maximum Gasteiger partial charge on any atom is 0.202 e. The Bertz CT molecular complexity index is 1020. The van der Waals surface area contributed by atoms with Crippen molar-refractivity contribution in [3.63, 3.8) is 0 Å². The van der Waals surface area contributed by atoms with Crippen LogP contribution in [0.2, 0.25) is 0 Å². The number of ketones is 2. The minimum Gasteiger partial charge on any atom is -0.507 e. The molecule has 0 amide bonds. The molecule has 0 fully saturated rings. The van der Waals surface area contributed by atoms with Crippen molar-refractivity contribution in [1.29, 1.82) is 0 Å². The van der Waals surface area contributed by atoms with Gasteiger partial charge >= 0.3 is 0 Å². The molecule has 2 aromatic carbocycles. The molecule has 2 atom stereocenters. The van der Waals surface area contributed by atoms with E-state index in [1.54, 1.807) is 6.92 Å². The molecule has 0 bridgehead atoms. The van der Waals surface area contributed by atoms with Crippen molar-refractivity contribution in [3.05, 3.63) is 51.6 Å². The molecule has 0 radical (unpaired) electrons. The first-order chi connectivity index (χ1) is 12.7. The molecule has 0 spiro atoms. The lowest BCUT2D eigenvalue weighted by molar-refractivity contribution is -0.0921. The van der Waals surface area contributed by atoms with Crippen LogP contribution in [0.1, 0.15) is 68.8 Å². The van der Waals surface area contributed by atoms with E-state index < -0.39 is 46.1 Å². The number of hydrogen-bond acceptors (Lipinski definition) is 7. The molecule has 0 saturated heterocycles. The van der Waals surface area contributed by atoms with Crippen LogP contribution in [0, 0.1) is 0 Å². The van der Waals surface area contributed by atoms with Gasteiger partial charge in [0.1, 0.15) is 23.4 Å². The number of hydrogen-bond donors (Lipinski definition) is 5. The third kappa shape index (κ3) is 2.09. The fourth-order valence-electron chi connectivity index (χ4n) is 4.13. The van der Waals surface area contributed by atoms with Gasteiger partial charge in [0, 0.05) is 16.7 Å². The number of phenolic OH excluding ortho intramolecular Hbond substituents is 3. The smallest absolute Gasteiger partial charge is 0.202 e. The summed E-state index contributed by atoms with van der Waals surface area (Å²) < 4.78 is 0. The lowest BCUT2D eigenvalue weighted by Gasteiger charge is -2.39. The number of fused-ring (bicyclic) bond motifs is 3. The Morgan fingerprint density at radius 2 is 1.70 bits per heavy atom. The van der Waals surface area contributed by atoms with Crippen LogP contribution in [0.4, 0.5) is 0 Å². The van der Waals surface area contributed by atoms with E-state index in [-0.39, 0.29) is 47.1 Å². The highest BCUT2D eigenvalue weighted by Crippen LogP contribution is 2.51. The first-order valence-corrected chi connectivity index (χ1v) is 8.65. The van der Waals surface area contributed by atoms with Gasteiger partial charge in [0.25, 0.3) is 0 Å². The predicted octanol–water partition coefficient (Wildman–Crippen LogP) is 1.70. The molecule has 4 rings (SSSR count). The molecule has 140 valence electrons. The first-order valence-electron chi connectivity index (χ1n) is 8.65. The Morgan fingerprint density at radius 3 is 2.37 bits per heavy atom. The van der Waals surface area contributed by atoms with Crippen molar-refractivity contribution < 1.29 is 35.1 Å². The number of benzene rings is 2. The van der Waals surface area contributed by atoms with Crippen LogP contribution in [0.5, 0.6) is 17.2 Å². The van der Waals surface area contributed by atoms with Gasteiger partial charge in [-0.1, -0.05) is 19.1 Å². The number of phenols is 3. The molecule has 5 N–H and O–H groups in total. The lowest BCUT2D eigenvalue weighted by atomic mass is 9.72. The fraction of sp³-hybridized carbons (Fsp3) is 0.300. The summed E-state index contributed by atoms with van der Waals surface area (Å²) >= 11 is 0. The SMILES string of the molecule is CCC1(O)CCc2c(O)c3c(c(O)c2C1O)C(=O)c1c(O)cccc1C3=O. The van der Waals surface area contributed by atoms with Crippen molar-refractivity contribution >= 4 is 11.6 Å². The fourth-order valence-corrected chi connectivity index (χ4v) is 4.13. The van der Waals surface area contributed by atoms with Gasteiger partial charge in [-0.3, -0.25) is 9.59 Å². The monoisotopic (exact) mass is 370 g/mol. The molecule has 2 aliphatic carbocycles. The summed E-state index contributed by atoms with van der Waals surface area (Å²) in [5, 5.41) is 52.7. The molecular weight excluding hydrogens is 352 g/mol. The molecule has 0 aliphatic heterocycles. The summed E-state index contributed by atoms with van der Waals surface area (Å²) in [7, 11) is 0. The standard InChI is InChI=1S/C20H18O7/c1-2-20(27)7-6-9-12(19(20)26)18(25)14-13(16(9)23)15(22)8-4-3-5-10(21)11(8)17(14)24/h3-5,19,21,23,25-27H,2,6-7H2,1H3. The molecule has 0 aromatic heterocycles. The van der Waals surface area contributed by atoms with Crippen LogP contribution in [0.3, 0.4) is 0 Å². The second-order valence-corrected chi connectivity index (χ2v) is 7.06. The molecule has 0 heterocycles. The maximum atomic E-state index is 12.9. The Labute approximate surface area is 154 Å². The third-order valence-corrected chi connectivity index (χ3v) is 5.76. The zero-order chi connectivity index (χ0) is 19.7. The molecule has 2 unspecified atom stereocenters. The van der Waals surface area contributed by atoms with Gasteiger partial charge in [-0.15, -0.1) is 0 Å². The molecule has 2 aliphatic rings. The van der Waals surface area contributed by atoms with E-state index in [0.29, 0.717) is 0 Å². The molecule has 7 nitrogen and oxygen atoms in total. The number of carbonyl (C=O) groups is 2. The normalized spacial score (nSPS) is 23.6. The Kier molecular flexibility index (Phi) is 3.60. The quantitative estimate of drug-likeness (QED) is 0.411. The molecule has 27 heavy (non-hydrogen) atoms. The van der Waals surface area contributed by atoms with Crippen LogP contribution in [0.25, 0.3) is 0 Å². The van der Waals surface area contributed by atoms with E-state index >= 15 is 0 Å². The van der Waals surface area contributed by atoms with E-state index in [0.717, 1.165) is 0 Å². The van der Waals surface area contributed by atoms with Crippen molar-refractivity contribution in [2.45, 2.75) is 37.9 Å². The minimum absolute atomic E-state index is 0.0661. The third-order valence-electron chi connectivity index (χ3n) is 5.76. The molecule has 7 heteroatoms. The van der Waals surface area contributed by atoms with Crippen LogP contribution < -0.4 is 0 Å². The van der Waals surface area contributed by atoms with Crippen LogP contribution in [0.15, 0.2) is 18.2 Å². The van der Waals surface area contributed by atoms with Crippen LogP contribution in [-0.4, -0.2) is 42.7 Å². The summed E-state index contributed by atoms with van der Waals surface area (Å²) in [5.74, 6) is -3.08. The van der Waals surface area contributed by atoms with E-state index in [2.05, 4.69) is 0 Å². The van der Waals surface area contributed by atoms with E-state index in [1.807, 2.05) is 0 Å². The zero-order valence-electron chi connectivity index (χ0n) is 14.5. The number of aliphatic hydroxyl groups excluding tert-OH is 1. The van der Waals surface area contributed by atoms with Crippen LogP contribution >= 0.6 is 0 Å². The van der Waals surface area contributed by atoms with Crippen molar-refractivity contribution in [2.24, 2.45) is 0 Å². The van der Waals surface area contributed by atoms with Gasteiger partial charge in [0.05, 0.1) is 22.3 Å². The largest absolute Gasteiger partial charge is 0.507 e. The highest BCUT2D eigenvalue weighted by atomic mass is 16.3. The molecule has 0 saturated carbocycles. The van der Waals surface area contributed by atoms with Gasteiger partial charge in [-0.2, -0.15) is 0 Å². The van der Waals surface area contributed by atoms with Gasteiger partial charge in [0.2, 0.25) is 5.78 Å². The average Bonchev–Trinajstić information content (AvgIpc) is 2.64. The van der Waals surface area contributed by atoms with Crippen molar-refractivity contribution in [1.82, 2.24) is 0 Å². The van der Waals surface area contributed by atoms with E-state index in [9.17, 15) is 35.1 Å². The Balaban J connectivity index is 2.06. The van der Waals surface area contributed by atoms with Gasteiger partial charge < -0.3 is 25.5 Å². The van der Waals surface area contributed by atoms with Gasteiger partial charge in [0.15, 0.2) is 5.78 Å². The first kappa shape index (κ1) is 17.5. The number of carbonyl (C=O) groups excluding carboxylic acids is 2. The maximum absolute atomic E-state index is 12.9. The molecule has 2 aromatic rings. The highest BCUT2D eigenvalue weighted by Gasteiger charge is 2.46. The number of aliphatic hydroxyl groups is 2. The van der Waals surface area contributed by atoms with Gasteiger partial charge in [-0.25, -0.2) is 0 Å². The highest BCUT2D eigenvalue weighted by molar-refractivity contribution is 6.31. The predicted molar refractivity (Wildman–Crippen MR) is 93.3 cm³/mol. The summed E-state index contributed by atoms with van der Waals surface area (Å²) in [6.07, 6.45) is -1.08. The summed E-state index contributed by atoms with van der Waals surface area (Å²) in [5.41, 5.74) is -2.67. The number of aromatic hydroxyl groups is 3.